The molecule has 4 heterocycles. The van der Waals surface area contributed by atoms with Crippen LogP contribution in [0.1, 0.15) is 0 Å². The highest BCUT2D eigenvalue weighted by atomic mass is 15.0. The first kappa shape index (κ1) is 24.3. The Labute approximate surface area is 266 Å². The van der Waals surface area contributed by atoms with Crippen LogP contribution < -0.4 is 21.7 Å². The zero-order chi connectivity index (χ0) is 29.9. The van der Waals surface area contributed by atoms with Crippen LogP contribution in [0.2, 0.25) is 0 Å². The number of benzene rings is 7. The van der Waals surface area contributed by atoms with Crippen LogP contribution in [0.3, 0.4) is 0 Å². The van der Waals surface area contributed by atoms with Gasteiger partial charge in [-0.2, -0.15) is 0 Å². The van der Waals surface area contributed by atoms with Crippen molar-refractivity contribution in [3.63, 3.8) is 0 Å². The topological polar surface area (TPSA) is 21.9 Å². The second-order valence-corrected chi connectivity index (χ2v) is 12.6. The average molecular weight is 584 g/mol. The van der Waals surface area contributed by atoms with E-state index in [2.05, 4.69) is 166 Å². The molecule has 0 bridgehead atoms. The zero-order valence-electron chi connectivity index (χ0n) is 24.9. The first-order valence-corrected chi connectivity index (χ1v) is 16.0. The van der Waals surface area contributed by atoms with Gasteiger partial charge in [0.2, 0.25) is 0 Å². The molecule has 0 saturated carbocycles. The van der Waals surface area contributed by atoms with Gasteiger partial charge in [0.25, 0.3) is 6.71 Å². The smallest absolute Gasteiger partial charge is 0.252 e. The van der Waals surface area contributed by atoms with Crippen molar-refractivity contribution in [2.45, 2.75) is 0 Å². The lowest BCUT2D eigenvalue weighted by Crippen LogP contribution is -2.59. The lowest BCUT2D eigenvalue weighted by Gasteiger charge is -2.35. The fraction of sp³-hybridized carbons (Fsp3) is 0. The lowest BCUT2D eigenvalue weighted by molar-refractivity contribution is 1.14. The van der Waals surface area contributed by atoms with E-state index >= 15 is 0 Å². The minimum absolute atomic E-state index is 0.109. The van der Waals surface area contributed by atoms with Gasteiger partial charge < -0.3 is 14.5 Å². The molecule has 0 saturated heterocycles. The van der Waals surface area contributed by atoms with Gasteiger partial charge in [0.05, 0.1) is 22.2 Å². The van der Waals surface area contributed by atoms with Gasteiger partial charge in [0, 0.05) is 49.7 Å². The van der Waals surface area contributed by atoms with E-state index in [1.807, 2.05) is 0 Å². The van der Waals surface area contributed by atoms with Crippen LogP contribution in [0.15, 0.2) is 152 Å². The highest BCUT2D eigenvalue weighted by molar-refractivity contribution is 7.00. The first-order valence-electron chi connectivity index (χ1n) is 16.0. The molecule has 11 rings (SSSR count). The number of fused-ring (bicyclic) bond motifs is 10. The van der Waals surface area contributed by atoms with Crippen molar-refractivity contribution in [2.24, 2.45) is 0 Å². The largest absolute Gasteiger partial charge is 0.356 e. The summed E-state index contributed by atoms with van der Waals surface area (Å²) in [6, 6.07) is 55.7. The Balaban J connectivity index is 1.31. The normalized spacial score (nSPS) is 12.9. The van der Waals surface area contributed by atoms with Crippen molar-refractivity contribution in [1.29, 1.82) is 0 Å². The van der Waals surface area contributed by atoms with E-state index in [4.69, 9.17) is 0 Å². The van der Waals surface area contributed by atoms with Gasteiger partial charge >= 0.3 is 0 Å². The molecule has 3 nitrogen and oxygen atoms in total. The minimum Gasteiger partial charge on any atom is -0.356 e. The quantitative estimate of drug-likeness (QED) is 0.203. The van der Waals surface area contributed by atoms with Gasteiger partial charge in [-0.25, -0.2) is 0 Å². The van der Waals surface area contributed by atoms with Crippen LogP contribution in [0.25, 0.3) is 66.1 Å². The number of nitrogens with one attached hydrogen (secondary N) is 1. The summed E-state index contributed by atoms with van der Waals surface area (Å²) in [7, 11) is 0. The maximum Gasteiger partial charge on any atom is 0.252 e. The molecular formula is C42H26BN3. The molecule has 0 aliphatic carbocycles. The van der Waals surface area contributed by atoms with Crippen molar-refractivity contribution >= 4 is 78.1 Å². The lowest BCUT2D eigenvalue weighted by atomic mass is 9.34. The van der Waals surface area contributed by atoms with Crippen LogP contribution in [0, 0.1) is 0 Å². The summed E-state index contributed by atoms with van der Waals surface area (Å²) in [5.41, 5.74) is 16.2. The summed E-state index contributed by atoms with van der Waals surface area (Å²) in [5, 5.41) is 9.16. The van der Waals surface area contributed by atoms with Crippen molar-refractivity contribution in [2.75, 3.05) is 5.32 Å². The van der Waals surface area contributed by atoms with Crippen LogP contribution >= 0.6 is 0 Å². The molecule has 0 fully saturated rings. The van der Waals surface area contributed by atoms with Gasteiger partial charge in [0.15, 0.2) is 0 Å². The third-order valence-corrected chi connectivity index (χ3v) is 10.3. The fourth-order valence-corrected chi connectivity index (χ4v) is 8.49. The molecule has 4 heteroatoms. The van der Waals surface area contributed by atoms with Crippen molar-refractivity contribution in [3.8, 4) is 22.5 Å². The molecule has 9 aromatic rings. The maximum atomic E-state index is 4.02. The number of para-hydroxylation sites is 5. The third kappa shape index (κ3) is 3.03. The first-order chi connectivity index (χ1) is 22.8. The minimum atomic E-state index is 0.109. The molecule has 2 aliphatic heterocycles. The summed E-state index contributed by atoms with van der Waals surface area (Å²) in [6.45, 7) is 0.109. The fourth-order valence-electron chi connectivity index (χ4n) is 8.49. The molecule has 2 aromatic heterocycles. The van der Waals surface area contributed by atoms with Crippen molar-refractivity contribution < 1.29 is 0 Å². The summed E-state index contributed by atoms with van der Waals surface area (Å²) >= 11 is 0. The molecule has 0 unspecified atom stereocenters. The SMILES string of the molecule is c1ccc(-c2cccc3c2Nc2cc(-n4c5ccccc5c5ccccc54)cc4c2B3c2cccc3c5ccccc5n-4c23)cc1. The molecule has 212 valence electrons. The Morgan fingerprint density at radius 2 is 1.07 bits per heavy atom. The monoisotopic (exact) mass is 583 g/mol. The molecule has 0 spiro atoms. The number of hydrogen-bond acceptors (Lipinski definition) is 1. The number of anilines is 2. The highest BCUT2D eigenvalue weighted by Gasteiger charge is 2.40. The van der Waals surface area contributed by atoms with E-state index in [1.165, 1.54) is 82.5 Å². The van der Waals surface area contributed by atoms with E-state index in [0.29, 0.717) is 0 Å². The predicted octanol–water partition coefficient (Wildman–Crippen LogP) is 8.43. The van der Waals surface area contributed by atoms with Crippen molar-refractivity contribution in [3.05, 3.63) is 152 Å². The summed E-state index contributed by atoms with van der Waals surface area (Å²) in [5.74, 6) is 0. The van der Waals surface area contributed by atoms with E-state index in [1.54, 1.807) is 0 Å². The van der Waals surface area contributed by atoms with Crippen LogP contribution in [0.4, 0.5) is 11.4 Å². The maximum absolute atomic E-state index is 4.02. The second-order valence-electron chi connectivity index (χ2n) is 12.6. The van der Waals surface area contributed by atoms with Crippen molar-refractivity contribution in [1.82, 2.24) is 9.13 Å². The van der Waals surface area contributed by atoms with Crippen LogP contribution in [-0.2, 0) is 0 Å². The van der Waals surface area contributed by atoms with Crippen LogP contribution in [0.5, 0.6) is 0 Å². The second kappa shape index (κ2) is 8.80. The number of hydrogen-bond donors (Lipinski definition) is 1. The summed E-state index contributed by atoms with van der Waals surface area (Å²) in [6.07, 6.45) is 0. The van der Waals surface area contributed by atoms with Crippen LogP contribution in [-0.4, -0.2) is 15.8 Å². The van der Waals surface area contributed by atoms with Gasteiger partial charge in [-0.05, 0) is 52.3 Å². The van der Waals surface area contributed by atoms with E-state index in [9.17, 15) is 0 Å². The Kier molecular flexibility index (Phi) is 4.66. The number of rotatable bonds is 2. The number of aromatic nitrogens is 2. The predicted molar refractivity (Wildman–Crippen MR) is 195 cm³/mol. The molecule has 46 heavy (non-hydrogen) atoms. The Bertz CT molecular complexity index is 2680. The van der Waals surface area contributed by atoms with E-state index in [-0.39, 0.29) is 6.71 Å². The molecule has 0 radical (unpaired) electrons. The Morgan fingerprint density at radius 1 is 0.478 bits per heavy atom. The van der Waals surface area contributed by atoms with Gasteiger partial charge in [-0.15, -0.1) is 0 Å². The number of nitrogens with zero attached hydrogens (tertiary/aromatic N) is 2. The molecule has 7 aromatic carbocycles. The summed E-state index contributed by atoms with van der Waals surface area (Å²) < 4.78 is 4.97. The molecule has 1 N–H and O–H groups in total. The third-order valence-electron chi connectivity index (χ3n) is 10.3. The molecule has 0 atom stereocenters. The molecular weight excluding hydrogens is 557 g/mol. The standard InChI is InChI=1S/C42H26BN3/c1-2-12-26(13-3-1)28-17-10-19-33-41(28)44-35-24-27(45-36-21-7-4-14-29(36)30-15-5-8-22-37(30)45)25-39-40(35)43(33)34-20-11-18-32-31-16-6-9-23-38(31)46(39)42(32)34/h1-25,44H. The van der Waals surface area contributed by atoms with Gasteiger partial charge in [-0.1, -0.05) is 121 Å². The summed E-state index contributed by atoms with van der Waals surface area (Å²) in [4.78, 5) is 0. The average Bonchev–Trinajstić information content (AvgIpc) is 3.64. The zero-order valence-corrected chi connectivity index (χ0v) is 24.9. The Hall–Kier alpha value is -6.00. The molecule has 0 amide bonds. The highest BCUT2D eigenvalue weighted by Crippen LogP contribution is 2.40. The Morgan fingerprint density at radius 3 is 1.80 bits per heavy atom. The van der Waals surface area contributed by atoms with Gasteiger partial charge in [-0.3, -0.25) is 0 Å². The van der Waals surface area contributed by atoms with E-state index in [0.717, 1.165) is 11.4 Å². The van der Waals surface area contributed by atoms with Gasteiger partial charge in [0.1, 0.15) is 0 Å². The molecule has 2 aliphatic rings. The van der Waals surface area contributed by atoms with E-state index < -0.39 is 0 Å².